The Labute approximate surface area is 116 Å². The van der Waals surface area contributed by atoms with Crippen LogP contribution < -0.4 is 0 Å². The molecule has 1 heteroatoms. The van der Waals surface area contributed by atoms with Crippen LogP contribution >= 0.6 is 9.24 Å². The molecule has 0 saturated heterocycles. The zero-order valence-corrected chi connectivity index (χ0v) is 15.6. The van der Waals surface area contributed by atoms with Gasteiger partial charge in [0.05, 0.1) is 0 Å². The number of hydrogen-bond donors (Lipinski definition) is 0. The van der Waals surface area contributed by atoms with Crippen molar-refractivity contribution in [3.05, 3.63) is 0 Å². The van der Waals surface area contributed by atoms with Crippen molar-refractivity contribution in [3.8, 4) is 0 Å². The molecular weight excluding hydrogens is 223 g/mol. The predicted octanol–water partition coefficient (Wildman–Crippen LogP) is 6.79. The van der Waals surface area contributed by atoms with Gasteiger partial charge in [0.2, 0.25) is 0 Å². The highest BCUT2D eigenvalue weighted by Crippen LogP contribution is 2.22. The molecule has 0 aliphatic heterocycles. The monoisotopic (exact) mass is 264 g/mol. The van der Waals surface area contributed by atoms with Crippen LogP contribution in [-0.4, -0.2) is 6.66 Å². The average molecular weight is 264 g/mol. The lowest BCUT2D eigenvalue weighted by molar-refractivity contribution is 0.338. The SMILES string of the molecule is CCC.CCC(C)(C)CC.CCC(C)C.CP. The van der Waals surface area contributed by atoms with Crippen LogP contribution in [0.2, 0.25) is 0 Å². The van der Waals surface area contributed by atoms with Crippen LogP contribution in [0.4, 0.5) is 0 Å². The first-order chi connectivity index (χ1) is 7.81. The van der Waals surface area contributed by atoms with Crippen molar-refractivity contribution in [2.24, 2.45) is 11.3 Å². The predicted molar refractivity (Wildman–Crippen MR) is 91.1 cm³/mol. The molecule has 0 spiro atoms. The second-order valence-corrected chi connectivity index (χ2v) is 5.38. The smallest absolute Gasteiger partial charge is 0.0359 e. The van der Waals surface area contributed by atoms with E-state index in [-0.39, 0.29) is 0 Å². The van der Waals surface area contributed by atoms with Gasteiger partial charge in [0.15, 0.2) is 0 Å². The fraction of sp³-hybridized carbons (Fsp3) is 1.00. The molecular formula is C16H41P. The zero-order chi connectivity index (χ0) is 14.9. The second-order valence-electron chi connectivity index (χ2n) is 5.38. The highest BCUT2D eigenvalue weighted by Gasteiger charge is 2.09. The van der Waals surface area contributed by atoms with Crippen LogP contribution in [-0.2, 0) is 0 Å². The van der Waals surface area contributed by atoms with Crippen molar-refractivity contribution < 1.29 is 0 Å². The third kappa shape index (κ3) is 48.1. The van der Waals surface area contributed by atoms with Crippen LogP contribution in [0.25, 0.3) is 0 Å². The van der Waals surface area contributed by atoms with Crippen molar-refractivity contribution in [1.82, 2.24) is 0 Å². The molecule has 1 unspecified atom stereocenters. The molecule has 0 amide bonds. The van der Waals surface area contributed by atoms with E-state index in [0.29, 0.717) is 5.41 Å². The molecule has 110 valence electrons. The lowest BCUT2D eigenvalue weighted by Gasteiger charge is -2.18. The van der Waals surface area contributed by atoms with Gasteiger partial charge in [0, 0.05) is 0 Å². The third-order valence-electron chi connectivity index (χ3n) is 2.73. The van der Waals surface area contributed by atoms with Crippen molar-refractivity contribution in [1.29, 1.82) is 0 Å². The molecule has 0 bridgehead atoms. The standard InChI is InChI=1S/C7H16.C5H12.C3H8.CH5P/c1-5-7(3,4)6-2;1-4-5(2)3;1-3-2;1-2/h5-6H2,1-4H3;5H,4H2,1-3H3;3H2,1-2H3;2H2,1H3. The van der Waals surface area contributed by atoms with E-state index < -0.39 is 0 Å². The Morgan fingerprint density at radius 3 is 1.00 bits per heavy atom. The fourth-order valence-electron chi connectivity index (χ4n) is 0.250. The van der Waals surface area contributed by atoms with Crippen molar-refractivity contribution >= 4 is 9.24 Å². The molecule has 0 saturated carbocycles. The van der Waals surface area contributed by atoms with Crippen molar-refractivity contribution in [2.75, 3.05) is 6.66 Å². The molecule has 0 aromatic carbocycles. The first-order valence-electron chi connectivity index (χ1n) is 7.38. The molecule has 17 heavy (non-hydrogen) atoms. The van der Waals surface area contributed by atoms with E-state index in [1.165, 1.54) is 25.7 Å². The molecule has 0 aliphatic rings. The molecule has 0 radical (unpaired) electrons. The summed E-state index contributed by atoms with van der Waals surface area (Å²) in [6, 6.07) is 0. The summed E-state index contributed by atoms with van der Waals surface area (Å²) >= 11 is 0. The molecule has 0 aromatic heterocycles. The van der Waals surface area contributed by atoms with E-state index in [4.69, 9.17) is 0 Å². The lowest BCUT2D eigenvalue weighted by atomic mass is 9.88. The van der Waals surface area contributed by atoms with E-state index in [1.54, 1.807) is 0 Å². The van der Waals surface area contributed by atoms with Gasteiger partial charge in [-0.15, -0.1) is 9.24 Å². The summed E-state index contributed by atoms with van der Waals surface area (Å²) in [5, 5.41) is 0. The first kappa shape index (κ1) is 26.1. The van der Waals surface area contributed by atoms with Gasteiger partial charge >= 0.3 is 0 Å². The zero-order valence-electron chi connectivity index (χ0n) is 14.5. The Kier molecular flexibility index (Phi) is 33.3. The quantitative estimate of drug-likeness (QED) is 0.492. The molecule has 0 fully saturated rings. The molecule has 0 nitrogen and oxygen atoms in total. The number of rotatable bonds is 3. The van der Waals surface area contributed by atoms with Gasteiger partial charge in [-0.2, -0.15) is 0 Å². The maximum Gasteiger partial charge on any atom is -0.0359 e. The van der Waals surface area contributed by atoms with Crippen LogP contribution in [0.3, 0.4) is 0 Å². The van der Waals surface area contributed by atoms with E-state index >= 15 is 0 Å². The largest absolute Gasteiger partial charge is 0.141 e. The Morgan fingerprint density at radius 1 is 0.824 bits per heavy atom. The lowest BCUT2D eigenvalue weighted by Crippen LogP contribution is -2.05. The summed E-state index contributed by atoms with van der Waals surface area (Å²) in [6.07, 6.45) is 5.15. The van der Waals surface area contributed by atoms with Gasteiger partial charge < -0.3 is 0 Å². The highest BCUT2D eigenvalue weighted by atomic mass is 31.0. The molecule has 0 aliphatic carbocycles. The highest BCUT2D eigenvalue weighted by molar-refractivity contribution is 7.15. The van der Waals surface area contributed by atoms with Gasteiger partial charge in [0.1, 0.15) is 0 Å². The Morgan fingerprint density at radius 2 is 1.00 bits per heavy atom. The van der Waals surface area contributed by atoms with Crippen LogP contribution in [0, 0.1) is 11.3 Å². The van der Waals surface area contributed by atoms with Gasteiger partial charge in [-0.1, -0.05) is 94.7 Å². The van der Waals surface area contributed by atoms with E-state index in [0.717, 1.165) is 5.92 Å². The molecule has 0 heterocycles. The van der Waals surface area contributed by atoms with Gasteiger partial charge in [0.25, 0.3) is 0 Å². The third-order valence-corrected chi connectivity index (χ3v) is 2.73. The minimum absolute atomic E-state index is 0.583. The van der Waals surface area contributed by atoms with Crippen LogP contribution in [0.1, 0.15) is 88.0 Å². The first-order valence-corrected chi connectivity index (χ1v) is 8.54. The van der Waals surface area contributed by atoms with E-state index in [1.807, 2.05) is 6.66 Å². The van der Waals surface area contributed by atoms with Crippen LogP contribution in [0.5, 0.6) is 0 Å². The minimum Gasteiger partial charge on any atom is -0.141 e. The number of hydrogen-bond acceptors (Lipinski definition) is 0. The summed E-state index contributed by atoms with van der Waals surface area (Å²) in [5.74, 6) is 0.884. The molecule has 1 atom stereocenters. The molecule has 0 aromatic rings. The van der Waals surface area contributed by atoms with Crippen molar-refractivity contribution in [3.63, 3.8) is 0 Å². The van der Waals surface area contributed by atoms with Crippen molar-refractivity contribution in [2.45, 2.75) is 88.0 Å². The summed E-state index contributed by atoms with van der Waals surface area (Å²) in [4.78, 5) is 0. The topological polar surface area (TPSA) is 0 Å². The minimum atomic E-state index is 0.583. The second kappa shape index (κ2) is 21.7. The maximum atomic E-state index is 2.42. The summed E-state index contributed by atoms with van der Waals surface area (Å²) < 4.78 is 0. The molecule has 0 rings (SSSR count). The Balaban J connectivity index is -0.0000000743. The van der Waals surface area contributed by atoms with Gasteiger partial charge in [-0.25, -0.2) is 0 Å². The fourth-order valence-corrected chi connectivity index (χ4v) is 0.250. The van der Waals surface area contributed by atoms with E-state index in [9.17, 15) is 0 Å². The maximum absolute atomic E-state index is 2.42. The van der Waals surface area contributed by atoms with E-state index in [2.05, 4.69) is 71.6 Å². The van der Waals surface area contributed by atoms with Crippen LogP contribution in [0.15, 0.2) is 0 Å². The Bertz CT molecular complexity index is 89.7. The summed E-state index contributed by atoms with van der Waals surface area (Å²) in [6.45, 7) is 21.9. The normalized spacial score (nSPS) is 9.18. The summed E-state index contributed by atoms with van der Waals surface area (Å²) in [7, 11) is 2.42. The van der Waals surface area contributed by atoms with Gasteiger partial charge in [-0.3, -0.25) is 0 Å². The van der Waals surface area contributed by atoms with Gasteiger partial charge in [-0.05, 0) is 11.3 Å². The molecule has 0 N–H and O–H groups in total. The summed E-state index contributed by atoms with van der Waals surface area (Å²) in [5.41, 5.74) is 0.583. The average Bonchev–Trinajstić information content (AvgIpc) is 2.33. The Hall–Kier alpha value is 0.430.